The molecule has 0 saturated carbocycles. The Morgan fingerprint density at radius 2 is 1.92 bits per heavy atom. The van der Waals surface area contributed by atoms with Gasteiger partial charge in [-0.2, -0.15) is 13.2 Å². The maximum absolute atomic E-state index is 11.6. The number of halogens is 3. The minimum atomic E-state index is -4.05. The van der Waals surface area contributed by atoms with Crippen LogP contribution in [0.4, 0.5) is 13.2 Å². The molecular weight excluding hydrogens is 171 g/mol. The molecule has 74 valence electrons. The molecule has 0 aliphatic rings. The van der Waals surface area contributed by atoms with Crippen LogP contribution in [0.25, 0.3) is 0 Å². The predicted molar refractivity (Wildman–Crippen MR) is 40.0 cm³/mol. The van der Waals surface area contributed by atoms with Gasteiger partial charge in [-0.25, -0.2) is 0 Å². The number of hydrogen-bond acceptors (Lipinski definition) is 2. The van der Waals surface area contributed by atoms with E-state index in [9.17, 15) is 13.2 Å². The zero-order valence-electron chi connectivity index (χ0n) is 7.08. The average molecular weight is 185 g/mol. The molecule has 0 amide bonds. The molecule has 0 aromatic carbocycles. The van der Waals surface area contributed by atoms with E-state index in [-0.39, 0.29) is 6.54 Å². The third-order valence-electron chi connectivity index (χ3n) is 1.29. The topological polar surface area (TPSA) is 21.3 Å². The number of methoxy groups -OCH3 is 1. The molecule has 0 saturated heterocycles. The van der Waals surface area contributed by atoms with Gasteiger partial charge in [0.25, 0.3) is 0 Å². The van der Waals surface area contributed by atoms with E-state index in [0.717, 1.165) is 6.42 Å². The monoisotopic (exact) mass is 185 g/mol. The summed E-state index contributed by atoms with van der Waals surface area (Å²) in [6.45, 7) is 1.15. The van der Waals surface area contributed by atoms with Crippen LogP contribution in [0.3, 0.4) is 0 Å². The van der Waals surface area contributed by atoms with E-state index in [0.29, 0.717) is 13.2 Å². The van der Waals surface area contributed by atoms with Gasteiger partial charge in [0.15, 0.2) is 0 Å². The lowest BCUT2D eigenvalue weighted by atomic mass is 10.4. The van der Waals surface area contributed by atoms with Crippen LogP contribution in [-0.2, 0) is 4.74 Å². The van der Waals surface area contributed by atoms with E-state index in [1.165, 1.54) is 0 Å². The minimum absolute atomic E-state index is 0.00673. The number of hydrogen-bond donors (Lipinski definition) is 1. The lowest BCUT2D eigenvalue weighted by Gasteiger charge is -2.06. The van der Waals surface area contributed by atoms with Crippen molar-refractivity contribution in [2.75, 3.05) is 26.8 Å². The second kappa shape index (κ2) is 6.25. The first-order valence-electron chi connectivity index (χ1n) is 3.82. The average Bonchev–Trinajstić information content (AvgIpc) is 1.94. The molecule has 0 atom stereocenters. The Hall–Kier alpha value is -0.290. The Morgan fingerprint density at radius 1 is 1.25 bits per heavy atom. The van der Waals surface area contributed by atoms with Gasteiger partial charge in [-0.3, -0.25) is 0 Å². The second-order valence-electron chi connectivity index (χ2n) is 2.46. The normalized spacial score (nSPS) is 12.0. The number of nitrogens with one attached hydrogen (secondary N) is 1. The van der Waals surface area contributed by atoms with Gasteiger partial charge < -0.3 is 10.1 Å². The summed E-state index contributed by atoms with van der Waals surface area (Å²) in [5, 5.41) is 2.68. The predicted octanol–water partition coefficient (Wildman–Crippen LogP) is 1.56. The molecule has 0 rings (SSSR count). The van der Waals surface area contributed by atoms with Crippen LogP contribution >= 0.6 is 0 Å². The zero-order valence-corrected chi connectivity index (χ0v) is 7.08. The van der Waals surface area contributed by atoms with Crippen molar-refractivity contribution in [1.29, 1.82) is 0 Å². The molecule has 0 bridgehead atoms. The maximum Gasteiger partial charge on any atom is 0.390 e. The minimum Gasteiger partial charge on any atom is -0.385 e. The van der Waals surface area contributed by atoms with Gasteiger partial charge in [0.05, 0.1) is 6.42 Å². The molecule has 0 aromatic heterocycles. The first kappa shape index (κ1) is 11.7. The fourth-order valence-electron chi connectivity index (χ4n) is 0.697. The van der Waals surface area contributed by atoms with E-state index in [1.54, 1.807) is 7.11 Å². The van der Waals surface area contributed by atoms with Crippen LogP contribution in [0.5, 0.6) is 0 Å². The van der Waals surface area contributed by atoms with Gasteiger partial charge in [0, 0.05) is 20.3 Å². The van der Waals surface area contributed by atoms with E-state index in [1.807, 2.05) is 0 Å². The Bertz CT molecular complexity index is 105. The van der Waals surface area contributed by atoms with E-state index < -0.39 is 12.6 Å². The molecule has 5 heteroatoms. The molecule has 0 spiro atoms. The van der Waals surface area contributed by atoms with Crippen molar-refractivity contribution in [2.45, 2.75) is 19.0 Å². The highest BCUT2D eigenvalue weighted by Gasteiger charge is 2.25. The fourth-order valence-corrected chi connectivity index (χ4v) is 0.697. The van der Waals surface area contributed by atoms with Crippen LogP contribution < -0.4 is 5.32 Å². The number of rotatable bonds is 6. The molecule has 0 aliphatic carbocycles. The van der Waals surface area contributed by atoms with Crippen molar-refractivity contribution in [3.8, 4) is 0 Å². The summed E-state index contributed by atoms with van der Waals surface area (Å²) in [7, 11) is 1.57. The summed E-state index contributed by atoms with van der Waals surface area (Å²) >= 11 is 0. The van der Waals surface area contributed by atoms with Crippen molar-refractivity contribution in [2.24, 2.45) is 0 Å². The number of ether oxygens (including phenoxy) is 1. The second-order valence-corrected chi connectivity index (χ2v) is 2.46. The summed E-state index contributed by atoms with van der Waals surface area (Å²) in [5.41, 5.74) is 0. The molecule has 0 unspecified atom stereocenters. The SMILES string of the molecule is COCCCNCCC(F)(F)F. The summed E-state index contributed by atoms with van der Waals surface area (Å²) < 4.78 is 39.4. The van der Waals surface area contributed by atoms with Crippen molar-refractivity contribution in [1.82, 2.24) is 5.32 Å². The first-order valence-corrected chi connectivity index (χ1v) is 3.82. The van der Waals surface area contributed by atoms with Crippen molar-refractivity contribution >= 4 is 0 Å². The van der Waals surface area contributed by atoms with E-state index >= 15 is 0 Å². The van der Waals surface area contributed by atoms with Crippen molar-refractivity contribution in [3.05, 3.63) is 0 Å². The molecule has 0 radical (unpaired) electrons. The molecule has 2 nitrogen and oxygen atoms in total. The first-order chi connectivity index (χ1) is 5.56. The number of alkyl halides is 3. The Balaban J connectivity index is 3.01. The molecular formula is C7H14F3NO. The van der Waals surface area contributed by atoms with Crippen LogP contribution in [0.15, 0.2) is 0 Å². The van der Waals surface area contributed by atoms with Crippen LogP contribution in [0.2, 0.25) is 0 Å². The highest BCUT2D eigenvalue weighted by atomic mass is 19.4. The van der Waals surface area contributed by atoms with Gasteiger partial charge in [0.2, 0.25) is 0 Å². The highest BCUT2D eigenvalue weighted by molar-refractivity contribution is 4.54. The van der Waals surface area contributed by atoms with Gasteiger partial charge >= 0.3 is 6.18 Å². The smallest absolute Gasteiger partial charge is 0.385 e. The van der Waals surface area contributed by atoms with Crippen LogP contribution in [0.1, 0.15) is 12.8 Å². The Labute approximate surface area is 70.1 Å². The van der Waals surface area contributed by atoms with Gasteiger partial charge in [-0.15, -0.1) is 0 Å². The van der Waals surface area contributed by atoms with Crippen LogP contribution in [0, 0.1) is 0 Å². The van der Waals surface area contributed by atoms with Crippen molar-refractivity contribution < 1.29 is 17.9 Å². The van der Waals surface area contributed by atoms with Gasteiger partial charge in [0.1, 0.15) is 0 Å². The quantitative estimate of drug-likeness (QED) is 0.634. The third kappa shape index (κ3) is 9.71. The summed E-state index contributed by atoms with van der Waals surface area (Å²) in [6, 6.07) is 0. The molecule has 0 aliphatic heterocycles. The molecule has 0 heterocycles. The highest BCUT2D eigenvalue weighted by Crippen LogP contribution is 2.17. The maximum atomic E-state index is 11.6. The third-order valence-corrected chi connectivity index (χ3v) is 1.29. The summed E-state index contributed by atoms with van der Waals surface area (Å²) in [5.74, 6) is 0. The van der Waals surface area contributed by atoms with Gasteiger partial charge in [-0.05, 0) is 13.0 Å². The standard InChI is InChI=1S/C7H14F3NO/c1-12-6-2-4-11-5-3-7(8,9)10/h11H,2-6H2,1H3. The largest absolute Gasteiger partial charge is 0.390 e. The molecule has 1 N–H and O–H groups in total. The lowest BCUT2D eigenvalue weighted by molar-refractivity contribution is -0.133. The van der Waals surface area contributed by atoms with E-state index in [4.69, 9.17) is 4.74 Å². The van der Waals surface area contributed by atoms with Crippen molar-refractivity contribution in [3.63, 3.8) is 0 Å². The molecule has 0 aromatic rings. The Kier molecular flexibility index (Phi) is 6.10. The summed E-state index contributed by atoms with van der Waals surface area (Å²) in [4.78, 5) is 0. The molecule has 12 heavy (non-hydrogen) atoms. The lowest BCUT2D eigenvalue weighted by Crippen LogP contribution is -2.23. The van der Waals surface area contributed by atoms with E-state index in [2.05, 4.69) is 5.32 Å². The zero-order chi connectivity index (χ0) is 9.45. The Morgan fingerprint density at radius 3 is 2.42 bits per heavy atom. The summed E-state index contributed by atoms with van der Waals surface area (Å²) in [6.07, 6.45) is -4.07. The van der Waals surface area contributed by atoms with Crippen LogP contribution in [-0.4, -0.2) is 33.0 Å². The molecule has 0 fully saturated rings. The fraction of sp³-hybridized carbons (Fsp3) is 1.00. The van der Waals surface area contributed by atoms with Gasteiger partial charge in [-0.1, -0.05) is 0 Å².